The van der Waals surface area contributed by atoms with Gasteiger partial charge in [0.1, 0.15) is 29.0 Å². The fourth-order valence-corrected chi connectivity index (χ4v) is 7.14. The summed E-state index contributed by atoms with van der Waals surface area (Å²) in [6.07, 6.45) is -8.33. The van der Waals surface area contributed by atoms with Crippen LogP contribution in [0.4, 0.5) is 0 Å². The SMILES string of the molecule is COc1cccc2c1C(=O)c1c(O)c3c(c(O)c1C2=O)C[C@@](O)(C(C)=O)C[C@@H]3O[C@H]1C[C@H](O)[C@H](O[C@H]2C[C@H](N)[C@H](O)[C@H](C)O2)[C@H](C)O1.Cl. The van der Waals surface area contributed by atoms with Crippen molar-refractivity contribution in [2.24, 2.45) is 5.73 Å². The second-order valence-electron chi connectivity index (χ2n) is 12.8. The number of ether oxygens (including phenoxy) is 5. The summed E-state index contributed by atoms with van der Waals surface area (Å²) in [5, 5.41) is 55.7. The largest absolute Gasteiger partial charge is 0.507 e. The van der Waals surface area contributed by atoms with Crippen molar-refractivity contribution in [3.05, 3.63) is 51.6 Å². The molecule has 7 N–H and O–H groups in total. The standard InChI is InChI=1S/C33H39NO13.ClH/c1-12-27(37)17(34)8-21(44-12)47-32-13(2)45-22(9-18(32)36)46-20-11-33(42,14(3)35)10-16-24(20)31(41)26-25(29(16)39)28(38)15-6-5-7-19(43-4)23(15)30(26)40;/h5-7,12-13,17-18,20-22,27,32,36-37,39,41-42H,8-11,34H2,1-4H3;1H/t12-,13-,17-,18-,20-,21-,22-,27+,32+,33-;/m0./s1. The highest BCUT2D eigenvalue weighted by molar-refractivity contribution is 6.31. The number of hydrogen-bond acceptors (Lipinski definition) is 14. The number of aliphatic hydroxyl groups excluding tert-OH is 2. The van der Waals surface area contributed by atoms with Crippen LogP contribution in [0.3, 0.4) is 0 Å². The maximum atomic E-state index is 13.8. The quantitative estimate of drug-likeness (QED) is 0.201. The number of aromatic hydroxyl groups is 2. The van der Waals surface area contributed by atoms with Crippen molar-refractivity contribution in [1.82, 2.24) is 0 Å². The van der Waals surface area contributed by atoms with E-state index in [4.69, 9.17) is 29.4 Å². The zero-order valence-electron chi connectivity index (χ0n) is 26.7. The number of phenols is 2. The van der Waals surface area contributed by atoms with Crippen molar-refractivity contribution in [3.63, 3.8) is 0 Å². The zero-order valence-corrected chi connectivity index (χ0v) is 27.6. The first-order valence-electron chi connectivity index (χ1n) is 15.5. The van der Waals surface area contributed by atoms with Gasteiger partial charge in [0.2, 0.25) is 5.78 Å². The van der Waals surface area contributed by atoms with Gasteiger partial charge in [-0.05, 0) is 26.8 Å². The van der Waals surface area contributed by atoms with Crippen molar-refractivity contribution >= 4 is 29.8 Å². The molecule has 6 rings (SSSR count). The van der Waals surface area contributed by atoms with Crippen molar-refractivity contribution in [2.75, 3.05) is 7.11 Å². The van der Waals surface area contributed by atoms with Crippen molar-refractivity contribution in [2.45, 2.75) is 107 Å². The van der Waals surface area contributed by atoms with E-state index in [-0.39, 0.29) is 59.7 Å². The highest BCUT2D eigenvalue weighted by Crippen LogP contribution is 2.52. The summed E-state index contributed by atoms with van der Waals surface area (Å²) in [5.74, 6) is -3.37. The van der Waals surface area contributed by atoms with Gasteiger partial charge in [-0.25, -0.2) is 0 Å². The molecule has 0 amide bonds. The fourth-order valence-electron chi connectivity index (χ4n) is 7.14. The van der Waals surface area contributed by atoms with Crippen LogP contribution in [0.25, 0.3) is 0 Å². The predicted octanol–water partition coefficient (Wildman–Crippen LogP) is 1.33. The van der Waals surface area contributed by atoms with Crippen LogP contribution in [0, 0.1) is 0 Å². The Bertz CT molecular complexity index is 1610. The van der Waals surface area contributed by atoms with Crippen LogP contribution in [0.2, 0.25) is 0 Å². The fraction of sp³-hybridized carbons (Fsp3) is 0.545. The lowest BCUT2D eigenvalue weighted by Crippen LogP contribution is -2.56. The van der Waals surface area contributed by atoms with Gasteiger partial charge in [-0.3, -0.25) is 14.4 Å². The number of aliphatic hydroxyl groups is 3. The lowest BCUT2D eigenvalue weighted by atomic mass is 9.72. The minimum absolute atomic E-state index is 0. The van der Waals surface area contributed by atoms with Gasteiger partial charge < -0.3 is 55.0 Å². The molecule has 2 heterocycles. The number of carbonyl (C=O) groups is 3. The van der Waals surface area contributed by atoms with E-state index >= 15 is 0 Å². The molecule has 2 aromatic rings. The summed E-state index contributed by atoms with van der Waals surface area (Å²) >= 11 is 0. The first kappa shape index (κ1) is 36.1. The molecule has 2 aliphatic carbocycles. The second kappa shape index (κ2) is 13.3. The number of phenolic OH excluding ortho intramolecular Hbond substituents is 2. The third-order valence-electron chi connectivity index (χ3n) is 9.75. The van der Waals surface area contributed by atoms with E-state index in [1.54, 1.807) is 13.8 Å². The normalized spacial score (nSPS) is 34.4. The number of fused-ring (bicyclic) bond motifs is 3. The summed E-state index contributed by atoms with van der Waals surface area (Å²) in [6, 6.07) is 3.82. The maximum absolute atomic E-state index is 13.8. The average Bonchev–Trinajstić information content (AvgIpc) is 3.01. The van der Waals surface area contributed by atoms with E-state index in [1.807, 2.05) is 0 Å². The molecule has 0 radical (unpaired) electrons. The zero-order chi connectivity index (χ0) is 34.1. The van der Waals surface area contributed by atoms with Gasteiger partial charge in [0.15, 0.2) is 24.1 Å². The van der Waals surface area contributed by atoms with Gasteiger partial charge in [-0.1, -0.05) is 12.1 Å². The summed E-state index contributed by atoms with van der Waals surface area (Å²) in [5.41, 5.74) is 2.69. The second-order valence-corrected chi connectivity index (χ2v) is 12.8. The van der Waals surface area contributed by atoms with Gasteiger partial charge in [0.25, 0.3) is 0 Å². The Morgan fingerprint density at radius 3 is 2.23 bits per heavy atom. The monoisotopic (exact) mass is 693 g/mol. The van der Waals surface area contributed by atoms with Crippen molar-refractivity contribution < 1.29 is 63.6 Å². The topological polar surface area (TPSA) is 225 Å². The molecule has 14 nitrogen and oxygen atoms in total. The minimum Gasteiger partial charge on any atom is -0.507 e. The van der Waals surface area contributed by atoms with Crippen molar-refractivity contribution in [3.8, 4) is 17.2 Å². The van der Waals surface area contributed by atoms with Crippen LogP contribution in [-0.4, -0.2) is 105 Å². The molecule has 2 aromatic carbocycles. The smallest absolute Gasteiger partial charge is 0.202 e. The Morgan fingerprint density at radius 1 is 0.958 bits per heavy atom. The number of hydrogen-bond donors (Lipinski definition) is 6. The van der Waals surface area contributed by atoms with Crippen LogP contribution in [0.5, 0.6) is 17.2 Å². The number of carbonyl (C=O) groups excluding carboxylic acids is 3. The number of rotatable bonds is 6. The third kappa shape index (κ3) is 5.88. The molecular formula is C33H40ClNO13. The molecule has 4 aliphatic rings. The number of nitrogens with two attached hydrogens (primary N) is 1. The Kier molecular flexibility index (Phi) is 9.98. The van der Waals surface area contributed by atoms with Crippen LogP contribution in [0.15, 0.2) is 18.2 Å². The summed E-state index contributed by atoms with van der Waals surface area (Å²) < 4.78 is 29.2. The molecule has 0 spiro atoms. The van der Waals surface area contributed by atoms with E-state index in [0.29, 0.717) is 0 Å². The van der Waals surface area contributed by atoms with Gasteiger partial charge in [0, 0.05) is 48.4 Å². The Hall–Kier alpha value is -3.18. The Labute approximate surface area is 282 Å². The van der Waals surface area contributed by atoms with Crippen LogP contribution >= 0.6 is 12.4 Å². The molecule has 0 unspecified atom stereocenters. The van der Waals surface area contributed by atoms with Crippen LogP contribution < -0.4 is 10.5 Å². The first-order chi connectivity index (χ1) is 22.2. The number of methoxy groups -OCH3 is 1. The highest BCUT2D eigenvalue weighted by atomic mass is 35.5. The van der Waals surface area contributed by atoms with Gasteiger partial charge in [-0.15, -0.1) is 12.4 Å². The molecule has 15 heteroatoms. The molecule has 48 heavy (non-hydrogen) atoms. The van der Waals surface area contributed by atoms with E-state index in [9.17, 15) is 39.9 Å². The molecule has 10 atom stereocenters. The number of halogens is 1. The first-order valence-corrected chi connectivity index (χ1v) is 15.5. The van der Waals surface area contributed by atoms with E-state index in [2.05, 4.69) is 0 Å². The third-order valence-corrected chi connectivity index (χ3v) is 9.75. The van der Waals surface area contributed by atoms with E-state index in [0.717, 1.165) is 0 Å². The lowest BCUT2D eigenvalue weighted by Gasteiger charge is -2.44. The highest BCUT2D eigenvalue weighted by Gasteiger charge is 2.50. The molecule has 0 aromatic heterocycles. The van der Waals surface area contributed by atoms with E-state index < -0.39 is 107 Å². The van der Waals surface area contributed by atoms with Crippen LogP contribution in [0.1, 0.15) is 89.1 Å². The van der Waals surface area contributed by atoms with Gasteiger partial charge in [-0.2, -0.15) is 0 Å². The maximum Gasteiger partial charge on any atom is 0.202 e. The summed E-state index contributed by atoms with van der Waals surface area (Å²) in [6.45, 7) is 4.47. The predicted molar refractivity (Wildman–Crippen MR) is 167 cm³/mol. The summed E-state index contributed by atoms with van der Waals surface area (Å²) in [7, 11) is 1.33. The number of benzene rings is 2. The molecular weight excluding hydrogens is 654 g/mol. The lowest BCUT2D eigenvalue weighted by molar-refractivity contribution is -0.311. The Balaban J connectivity index is 0.00000451. The van der Waals surface area contributed by atoms with Gasteiger partial charge in [0.05, 0.1) is 54.3 Å². The molecule has 262 valence electrons. The summed E-state index contributed by atoms with van der Waals surface area (Å²) in [4.78, 5) is 40.2. The van der Waals surface area contributed by atoms with Gasteiger partial charge >= 0.3 is 0 Å². The van der Waals surface area contributed by atoms with E-state index in [1.165, 1.54) is 32.2 Å². The minimum atomic E-state index is -2.07. The molecule has 2 fully saturated rings. The molecule has 0 bridgehead atoms. The molecule has 2 saturated heterocycles. The molecule has 0 saturated carbocycles. The average molecular weight is 694 g/mol. The molecule has 2 aliphatic heterocycles. The number of Topliss-reactive ketones (excluding diaryl/α,β-unsaturated/α-hetero) is 1. The number of ketones is 3. The Morgan fingerprint density at radius 2 is 1.60 bits per heavy atom. The van der Waals surface area contributed by atoms with Crippen LogP contribution in [-0.2, 0) is 30.2 Å². The van der Waals surface area contributed by atoms with Crippen molar-refractivity contribution in [1.29, 1.82) is 0 Å².